The lowest BCUT2D eigenvalue weighted by Crippen LogP contribution is -2.37. The summed E-state index contributed by atoms with van der Waals surface area (Å²) in [5.74, 6) is 2.13. The third-order valence-electron chi connectivity index (χ3n) is 4.59. The number of benzene rings is 2. The fourth-order valence-corrected chi connectivity index (χ4v) is 3.26. The average molecular weight is 364 g/mol. The van der Waals surface area contributed by atoms with Crippen LogP contribution in [0.15, 0.2) is 48.5 Å². The minimum Gasteiger partial charge on any atom is -0.496 e. The monoisotopic (exact) mass is 364 g/mol. The largest absolute Gasteiger partial charge is 0.496 e. The van der Waals surface area contributed by atoms with Gasteiger partial charge < -0.3 is 14.2 Å². The van der Waals surface area contributed by atoms with Gasteiger partial charge in [0, 0.05) is 42.1 Å². The lowest BCUT2D eigenvalue weighted by atomic mass is 10.1. The van der Waals surface area contributed by atoms with E-state index in [9.17, 15) is 0 Å². The van der Waals surface area contributed by atoms with Gasteiger partial charge in [-0.15, -0.1) is 0 Å². The van der Waals surface area contributed by atoms with Crippen molar-refractivity contribution in [2.75, 3.05) is 21.3 Å². The third-order valence-corrected chi connectivity index (χ3v) is 4.59. The molecule has 0 aliphatic carbocycles. The van der Waals surface area contributed by atoms with Crippen molar-refractivity contribution in [3.8, 4) is 17.2 Å². The van der Waals surface area contributed by atoms with Gasteiger partial charge >= 0.3 is 0 Å². The van der Waals surface area contributed by atoms with Gasteiger partial charge in [-0.25, -0.2) is 0 Å². The summed E-state index contributed by atoms with van der Waals surface area (Å²) in [6.07, 6.45) is 5.21. The van der Waals surface area contributed by atoms with Crippen molar-refractivity contribution in [2.45, 2.75) is 19.9 Å². The topological polar surface area (TPSA) is 31.6 Å². The highest BCUT2D eigenvalue weighted by Crippen LogP contribution is 2.35. The highest BCUT2D eigenvalue weighted by molar-refractivity contribution is 5.79. The van der Waals surface area contributed by atoms with Crippen LogP contribution in [0.5, 0.6) is 17.2 Å². The van der Waals surface area contributed by atoms with E-state index in [4.69, 9.17) is 14.2 Å². The number of aryl methyl sites for hydroxylation is 1. The van der Waals surface area contributed by atoms with E-state index < -0.39 is 0 Å². The summed E-state index contributed by atoms with van der Waals surface area (Å²) < 4.78 is 18.8. The highest BCUT2D eigenvalue weighted by Gasteiger charge is 2.14. The SMILES string of the molecule is CCC[n+]1c(/C=C/c2c(OC)cc(OC)cc2OC)ccc2ccccc21. The zero-order chi connectivity index (χ0) is 19.2. The van der Waals surface area contributed by atoms with Gasteiger partial charge in [0.1, 0.15) is 23.8 Å². The van der Waals surface area contributed by atoms with E-state index >= 15 is 0 Å². The second-order valence-electron chi connectivity index (χ2n) is 6.25. The number of aromatic nitrogens is 1. The van der Waals surface area contributed by atoms with Crippen LogP contribution in [0, 0.1) is 0 Å². The molecule has 0 N–H and O–H groups in total. The maximum Gasteiger partial charge on any atom is 0.212 e. The Morgan fingerprint density at radius 2 is 1.56 bits per heavy atom. The first kappa shape index (κ1) is 18.8. The molecule has 3 rings (SSSR count). The molecule has 4 nitrogen and oxygen atoms in total. The molecule has 0 radical (unpaired) electrons. The molecule has 3 aromatic rings. The minimum absolute atomic E-state index is 0.701. The third kappa shape index (κ3) is 3.90. The summed E-state index contributed by atoms with van der Waals surface area (Å²) in [7, 11) is 4.93. The van der Waals surface area contributed by atoms with Gasteiger partial charge in [0.25, 0.3) is 0 Å². The van der Waals surface area contributed by atoms with Crippen LogP contribution in [-0.4, -0.2) is 21.3 Å². The molecule has 0 atom stereocenters. The molecule has 1 heterocycles. The standard InChI is InChI=1S/C23H26NO3/c1-5-14-24-18(11-10-17-8-6-7-9-21(17)24)12-13-20-22(26-3)15-19(25-2)16-23(20)27-4/h6-13,15-16H,5,14H2,1-4H3/q+1/b13-12+. The molecule has 0 unspecified atom stereocenters. The fourth-order valence-electron chi connectivity index (χ4n) is 3.26. The van der Waals surface area contributed by atoms with Crippen LogP contribution >= 0.6 is 0 Å². The molecule has 4 heteroatoms. The molecule has 27 heavy (non-hydrogen) atoms. The van der Waals surface area contributed by atoms with Crippen molar-refractivity contribution in [1.82, 2.24) is 0 Å². The number of ether oxygens (including phenoxy) is 3. The summed E-state index contributed by atoms with van der Waals surface area (Å²) in [5, 5.41) is 1.24. The van der Waals surface area contributed by atoms with Crippen LogP contribution in [0.3, 0.4) is 0 Å². The Hall–Kier alpha value is -3.01. The zero-order valence-corrected chi connectivity index (χ0v) is 16.4. The lowest BCUT2D eigenvalue weighted by molar-refractivity contribution is -0.673. The number of para-hydroxylation sites is 1. The number of hydrogen-bond donors (Lipinski definition) is 0. The van der Waals surface area contributed by atoms with Crippen molar-refractivity contribution in [2.24, 2.45) is 0 Å². The molecule has 1 aromatic heterocycles. The van der Waals surface area contributed by atoms with E-state index in [1.165, 1.54) is 10.9 Å². The van der Waals surface area contributed by atoms with Gasteiger partial charge in [-0.05, 0) is 18.2 Å². The molecule has 0 fully saturated rings. The highest BCUT2D eigenvalue weighted by atomic mass is 16.5. The van der Waals surface area contributed by atoms with E-state index in [-0.39, 0.29) is 0 Å². The number of methoxy groups -OCH3 is 3. The second kappa shape index (κ2) is 8.58. The smallest absolute Gasteiger partial charge is 0.212 e. The van der Waals surface area contributed by atoms with E-state index in [0.29, 0.717) is 17.2 Å². The molecule has 0 saturated heterocycles. The summed E-state index contributed by atoms with van der Waals surface area (Å²) >= 11 is 0. The number of fused-ring (bicyclic) bond motifs is 1. The fraction of sp³-hybridized carbons (Fsp3) is 0.261. The predicted molar refractivity (Wildman–Crippen MR) is 109 cm³/mol. The molecular weight excluding hydrogens is 338 g/mol. The van der Waals surface area contributed by atoms with Gasteiger partial charge in [-0.1, -0.05) is 19.1 Å². The summed E-state index contributed by atoms with van der Waals surface area (Å²) in [5.41, 5.74) is 3.25. The molecule has 2 aromatic carbocycles. The minimum atomic E-state index is 0.701. The molecule has 0 amide bonds. The normalized spacial score (nSPS) is 11.1. The zero-order valence-electron chi connectivity index (χ0n) is 16.4. The van der Waals surface area contributed by atoms with Crippen molar-refractivity contribution < 1.29 is 18.8 Å². The Morgan fingerprint density at radius 1 is 0.852 bits per heavy atom. The van der Waals surface area contributed by atoms with Crippen LogP contribution in [0.1, 0.15) is 24.6 Å². The first-order valence-electron chi connectivity index (χ1n) is 9.11. The Kier molecular flexibility index (Phi) is 5.97. The Bertz CT molecular complexity index is 938. The quantitative estimate of drug-likeness (QED) is 0.568. The molecular formula is C23H26NO3+. The predicted octanol–water partition coefficient (Wildman–Crippen LogP) is 4.73. The number of pyridine rings is 1. The Morgan fingerprint density at radius 3 is 2.19 bits per heavy atom. The molecule has 0 saturated carbocycles. The van der Waals surface area contributed by atoms with Crippen LogP contribution in [-0.2, 0) is 6.54 Å². The first-order chi connectivity index (χ1) is 13.2. The first-order valence-corrected chi connectivity index (χ1v) is 9.11. The summed E-state index contributed by atoms with van der Waals surface area (Å²) in [6.45, 7) is 3.15. The molecule has 0 aliphatic rings. The Balaban J connectivity index is 2.10. The van der Waals surface area contributed by atoms with Gasteiger partial charge in [-0.2, -0.15) is 4.57 Å². The van der Waals surface area contributed by atoms with E-state index in [0.717, 1.165) is 24.2 Å². The second-order valence-corrected chi connectivity index (χ2v) is 6.25. The van der Waals surface area contributed by atoms with Gasteiger partial charge in [0.2, 0.25) is 11.2 Å². The maximum atomic E-state index is 5.55. The maximum absolute atomic E-state index is 5.55. The van der Waals surface area contributed by atoms with E-state index in [2.05, 4.69) is 54.0 Å². The Labute approximate surface area is 160 Å². The van der Waals surface area contributed by atoms with Crippen LogP contribution in [0.25, 0.3) is 23.1 Å². The van der Waals surface area contributed by atoms with E-state index in [1.807, 2.05) is 18.2 Å². The van der Waals surface area contributed by atoms with Crippen molar-refractivity contribution in [3.05, 3.63) is 59.8 Å². The summed E-state index contributed by atoms with van der Waals surface area (Å²) in [4.78, 5) is 0. The lowest BCUT2D eigenvalue weighted by Gasteiger charge is -2.12. The number of hydrogen-bond acceptors (Lipinski definition) is 3. The van der Waals surface area contributed by atoms with E-state index in [1.54, 1.807) is 21.3 Å². The molecule has 0 bridgehead atoms. The van der Waals surface area contributed by atoms with Gasteiger partial charge in [-0.3, -0.25) is 0 Å². The van der Waals surface area contributed by atoms with Gasteiger partial charge in [0.05, 0.1) is 26.9 Å². The van der Waals surface area contributed by atoms with Gasteiger partial charge in [0.15, 0.2) is 0 Å². The summed E-state index contributed by atoms with van der Waals surface area (Å²) in [6, 6.07) is 16.5. The molecule has 0 aliphatic heterocycles. The van der Waals surface area contributed by atoms with Crippen LogP contribution in [0.2, 0.25) is 0 Å². The molecule has 140 valence electrons. The number of rotatable bonds is 7. The van der Waals surface area contributed by atoms with Crippen molar-refractivity contribution in [3.63, 3.8) is 0 Å². The van der Waals surface area contributed by atoms with Crippen LogP contribution in [0.4, 0.5) is 0 Å². The van der Waals surface area contributed by atoms with Crippen LogP contribution < -0.4 is 18.8 Å². The van der Waals surface area contributed by atoms with Crippen molar-refractivity contribution in [1.29, 1.82) is 0 Å². The molecule has 0 spiro atoms. The van der Waals surface area contributed by atoms with Crippen molar-refractivity contribution >= 4 is 23.1 Å². The number of nitrogens with zero attached hydrogens (tertiary/aromatic N) is 1. The average Bonchev–Trinajstić information content (AvgIpc) is 2.72.